The number of carbonyl (C=O) groups excluding carboxylic acids is 1. The minimum atomic E-state index is -3.83. The standard InChI is InChI=1S/C23H18ClF2N5O3/c24-23(25,26)34-15-7-5-14(6-8-15)28-22(33)13-11-16(17-3-1-9-27-30-17)20-18(12-13)29-21-19(32)4-2-10-31(20)21/h1,3,5-9,11-12,19,32H,2,4,10H2,(H,28,33)/t19-/m1/s1. The third-order valence-electron chi connectivity index (χ3n) is 5.48. The highest BCUT2D eigenvalue weighted by Crippen LogP contribution is 2.35. The number of aliphatic hydroxyl groups is 1. The predicted molar refractivity (Wildman–Crippen MR) is 121 cm³/mol. The lowest BCUT2D eigenvalue weighted by atomic mass is 10.0. The van der Waals surface area contributed by atoms with Crippen LogP contribution in [0.4, 0.5) is 14.5 Å². The molecular weight excluding hydrogens is 468 g/mol. The monoisotopic (exact) mass is 485 g/mol. The summed E-state index contributed by atoms with van der Waals surface area (Å²) < 4.78 is 31.8. The van der Waals surface area contributed by atoms with Crippen molar-refractivity contribution in [3.63, 3.8) is 0 Å². The quantitative estimate of drug-likeness (QED) is 0.396. The van der Waals surface area contributed by atoms with E-state index in [1.807, 2.05) is 4.57 Å². The van der Waals surface area contributed by atoms with Gasteiger partial charge in [0.25, 0.3) is 5.91 Å². The molecule has 4 aromatic rings. The number of hydrogen-bond acceptors (Lipinski definition) is 6. The van der Waals surface area contributed by atoms with E-state index < -0.39 is 17.6 Å². The minimum absolute atomic E-state index is 0.147. The molecule has 0 aliphatic carbocycles. The highest BCUT2D eigenvalue weighted by atomic mass is 35.5. The average Bonchev–Trinajstić information content (AvgIpc) is 3.19. The lowest BCUT2D eigenvalue weighted by Crippen LogP contribution is -2.16. The summed E-state index contributed by atoms with van der Waals surface area (Å²) in [6.07, 6.45) is 2.29. The first-order chi connectivity index (χ1) is 16.3. The Kier molecular flexibility index (Phi) is 5.62. The Morgan fingerprint density at radius 3 is 2.74 bits per heavy atom. The van der Waals surface area contributed by atoms with Crippen LogP contribution in [0.15, 0.2) is 54.7 Å². The number of nitrogens with one attached hydrogen (secondary N) is 1. The maximum absolute atomic E-state index is 13.1. The van der Waals surface area contributed by atoms with Gasteiger partial charge in [-0.15, -0.1) is 8.78 Å². The number of benzene rings is 2. The molecule has 8 nitrogen and oxygen atoms in total. The molecule has 5 rings (SSSR count). The number of amides is 1. The van der Waals surface area contributed by atoms with Crippen LogP contribution in [-0.4, -0.2) is 36.3 Å². The summed E-state index contributed by atoms with van der Waals surface area (Å²) in [6.45, 7) is 0.692. The zero-order valence-electron chi connectivity index (χ0n) is 17.6. The summed E-state index contributed by atoms with van der Waals surface area (Å²) >= 11 is 4.77. The molecule has 1 aliphatic rings. The molecule has 0 saturated carbocycles. The van der Waals surface area contributed by atoms with E-state index in [-0.39, 0.29) is 5.75 Å². The minimum Gasteiger partial charge on any atom is -0.420 e. The lowest BCUT2D eigenvalue weighted by molar-refractivity contribution is -0.0964. The SMILES string of the molecule is O=C(Nc1ccc(OC(F)(F)Cl)cc1)c1cc(-c2cccnn2)c2c(c1)nc1n2CCC[C@H]1O. The molecule has 1 atom stereocenters. The van der Waals surface area contributed by atoms with Crippen molar-refractivity contribution in [1.29, 1.82) is 0 Å². The molecule has 2 aromatic carbocycles. The number of nitrogens with zero attached hydrogens (tertiary/aromatic N) is 4. The van der Waals surface area contributed by atoms with Gasteiger partial charge in [-0.2, -0.15) is 10.2 Å². The number of anilines is 1. The van der Waals surface area contributed by atoms with Gasteiger partial charge in [0.2, 0.25) is 0 Å². The van der Waals surface area contributed by atoms with Gasteiger partial charge in [0, 0.05) is 41.2 Å². The Balaban J connectivity index is 1.52. The predicted octanol–water partition coefficient (Wildman–Crippen LogP) is 4.74. The normalized spacial score (nSPS) is 15.7. The van der Waals surface area contributed by atoms with E-state index in [1.165, 1.54) is 24.3 Å². The Morgan fingerprint density at radius 2 is 2.03 bits per heavy atom. The smallest absolute Gasteiger partial charge is 0.420 e. The number of halogens is 3. The van der Waals surface area contributed by atoms with E-state index in [1.54, 1.807) is 30.5 Å². The van der Waals surface area contributed by atoms with Crippen LogP contribution in [0.2, 0.25) is 0 Å². The second kappa shape index (κ2) is 8.62. The maximum Gasteiger partial charge on any atom is 0.487 e. The highest BCUT2D eigenvalue weighted by Gasteiger charge is 2.28. The number of aliphatic hydroxyl groups excluding tert-OH is 1. The van der Waals surface area contributed by atoms with Gasteiger partial charge in [-0.05, 0) is 61.4 Å². The number of ether oxygens (including phenoxy) is 1. The van der Waals surface area contributed by atoms with Crippen molar-refractivity contribution in [3.05, 3.63) is 66.1 Å². The first-order valence-electron chi connectivity index (χ1n) is 10.5. The molecular formula is C23H18ClF2N5O3. The Bertz CT molecular complexity index is 1360. The molecule has 2 aromatic heterocycles. The number of alkyl halides is 3. The Morgan fingerprint density at radius 1 is 1.24 bits per heavy atom. The molecule has 1 aliphatic heterocycles. The number of aryl methyl sites for hydroxylation is 1. The van der Waals surface area contributed by atoms with Gasteiger partial charge >= 0.3 is 5.57 Å². The molecule has 0 unspecified atom stereocenters. The van der Waals surface area contributed by atoms with Gasteiger partial charge in [-0.3, -0.25) is 4.79 Å². The maximum atomic E-state index is 13.1. The Labute approximate surface area is 197 Å². The van der Waals surface area contributed by atoms with Crippen LogP contribution in [0.5, 0.6) is 5.75 Å². The summed E-state index contributed by atoms with van der Waals surface area (Å²) in [5.41, 5.74) is -0.591. The van der Waals surface area contributed by atoms with Crippen LogP contribution in [-0.2, 0) is 6.54 Å². The van der Waals surface area contributed by atoms with Crippen molar-refractivity contribution in [2.75, 3.05) is 5.32 Å². The first kappa shape index (κ1) is 22.2. The van der Waals surface area contributed by atoms with Crippen molar-refractivity contribution in [1.82, 2.24) is 19.7 Å². The van der Waals surface area contributed by atoms with Crippen LogP contribution in [0.25, 0.3) is 22.3 Å². The molecule has 11 heteroatoms. The zero-order valence-corrected chi connectivity index (χ0v) is 18.3. The van der Waals surface area contributed by atoms with Crippen molar-refractivity contribution >= 4 is 34.2 Å². The summed E-state index contributed by atoms with van der Waals surface area (Å²) in [6, 6.07) is 12.3. The summed E-state index contributed by atoms with van der Waals surface area (Å²) in [5.74, 6) is -0.0305. The summed E-state index contributed by atoms with van der Waals surface area (Å²) in [5, 5.41) is 21.3. The van der Waals surface area contributed by atoms with Crippen molar-refractivity contribution in [2.45, 2.75) is 31.1 Å². The van der Waals surface area contributed by atoms with Crippen molar-refractivity contribution < 1.29 is 23.4 Å². The second-order valence-electron chi connectivity index (χ2n) is 7.81. The van der Waals surface area contributed by atoms with Crippen LogP contribution in [0, 0.1) is 0 Å². The number of aromatic nitrogens is 4. The number of hydrogen-bond donors (Lipinski definition) is 2. The Hall–Kier alpha value is -3.63. The molecule has 0 saturated heterocycles. The van der Waals surface area contributed by atoms with E-state index in [4.69, 9.17) is 11.6 Å². The van der Waals surface area contributed by atoms with Gasteiger partial charge in [0.1, 0.15) is 17.7 Å². The van der Waals surface area contributed by atoms with Crippen LogP contribution in [0.3, 0.4) is 0 Å². The number of fused-ring (bicyclic) bond motifs is 3. The summed E-state index contributed by atoms with van der Waals surface area (Å²) in [7, 11) is 0. The van der Waals surface area contributed by atoms with Gasteiger partial charge in [-0.1, -0.05) is 0 Å². The molecule has 174 valence electrons. The first-order valence-corrected chi connectivity index (χ1v) is 10.8. The molecule has 34 heavy (non-hydrogen) atoms. The molecule has 0 spiro atoms. The van der Waals surface area contributed by atoms with E-state index in [0.717, 1.165) is 11.9 Å². The van der Waals surface area contributed by atoms with Gasteiger partial charge in [-0.25, -0.2) is 4.98 Å². The van der Waals surface area contributed by atoms with Gasteiger partial charge < -0.3 is 19.7 Å². The molecule has 0 bridgehead atoms. The molecule has 0 fully saturated rings. The topological polar surface area (TPSA) is 102 Å². The van der Waals surface area contributed by atoms with Crippen LogP contribution in [0.1, 0.15) is 35.1 Å². The fraction of sp³-hybridized carbons (Fsp3) is 0.217. The van der Waals surface area contributed by atoms with E-state index >= 15 is 0 Å². The summed E-state index contributed by atoms with van der Waals surface area (Å²) in [4.78, 5) is 17.7. The highest BCUT2D eigenvalue weighted by molar-refractivity contribution is 6.20. The fourth-order valence-electron chi connectivity index (χ4n) is 4.05. The van der Waals surface area contributed by atoms with E-state index in [9.17, 15) is 18.7 Å². The third-order valence-corrected chi connectivity index (χ3v) is 5.56. The molecule has 2 N–H and O–H groups in total. The van der Waals surface area contributed by atoms with Gasteiger partial charge in [0.05, 0.1) is 16.7 Å². The number of carbonyl (C=O) groups is 1. The zero-order chi connectivity index (χ0) is 23.9. The average molecular weight is 486 g/mol. The van der Waals surface area contributed by atoms with E-state index in [0.29, 0.717) is 46.8 Å². The van der Waals surface area contributed by atoms with Crippen LogP contribution < -0.4 is 10.1 Å². The van der Waals surface area contributed by atoms with Crippen molar-refractivity contribution in [2.24, 2.45) is 0 Å². The molecule has 0 radical (unpaired) electrons. The molecule has 3 heterocycles. The fourth-order valence-corrected chi connectivity index (χ4v) is 4.14. The molecule has 1 amide bonds. The third kappa shape index (κ3) is 4.42. The largest absolute Gasteiger partial charge is 0.487 e. The van der Waals surface area contributed by atoms with Gasteiger partial charge in [0.15, 0.2) is 0 Å². The number of imidazole rings is 1. The van der Waals surface area contributed by atoms with E-state index in [2.05, 4.69) is 25.2 Å². The van der Waals surface area contributed by atoms with Crippen molar-refractivity contribution in [3.8, 4) is 17.0 Å². The second-order valence-corrected chi connectivity index (χ2v) is 8.25. The number of rotatable bonds is 5. The van der Waals surface area contributed by atoms with Crippen LogP contribution >= 0.6 is 11.6 Å². The lowest BCUT2D eigenvalue weighted by Gasteiger charge is -2.20.